The lowest BCUT2D eigenvalue weighted by Crippen LogP contribution is -2.43. The highest BCUT2D eigenvalue weighted by molar-refractivity contribution is 7.98. The van der Waals surface area contributed by atoms with E-state index in [-0.39, 0.29) is 10.8 Å². The number of aliphatic hydroxyl groups excluding tert-OH is 1. The topological polar surface area (TPSA) is 66.4 Å². The number of hydrogen-bond acceptors (Lipinski definition) is 4. The summed E-state index contributed by atoms with van der Waals surface area (Å²) in [6.07, 6.45) is 1.75. The SMILES string of the molecule is CC[C@H](C)[C@H](NS(=O)(=O)c1cccc(Cl)c1)C(O)c1ccc(SC)cc1. The summed E-state index contributed by atoms with van der Waals surface area (Å²) in [5.41, 5.74) is 0.682. The molecule has 7 heteroatoms. The van der Waals surface area contributed by atoms with E-state index in [1.807, 2.05) is 44.4 Å². The van der Waals surface area contributed by atoms with Crippen LogP contribution in [0.1, 0.15) is 31.9 Å². The predicted molar refractivity (Wildman–Crippen MR) is 108 cm³/mol. The van der Waals surface area contributed by atoms with Gasteiger partial charge in [0.05, 0.1) is 17.0 Å². The molecular formula is C19H24ClNO3S2. The van der Waals surface area contributed by atoms with Crippen LogP contribution in [0.2, 0.25) is 5.02 Å². The van der Waals surface area contributed by atoms with E-state index in [2.05, 4.69) is 4.72 Å². The molecule has 2 aromatic carbocycles. The molecule has 2 aromatic rings. The summed E-state index contributed by atoms with van der Waals surface area (Å²) >= 11 is 7.53. The van der Waals surface area contributed by atoms with Crippen molar-refractivity contribution in [2.45, 2.75) is 42.2 Å². The van der Waals surface area contributed by atoms with Gasteiger partial charge in [-0.15, -0.1) is 11.8 Å². The molecule has 0 saturated carbocycles. The number of nitrogens with one attached hydrogen (secondary N) is 1. The minimum atomic E-state index is -3.80. The molecule has 0 aliphatic carbocycles. The molecule has 0 saturated heterocycles. The van der Waals surface area contributed by atoms with Crippen LogP contribution in [0.15, 0.2) is 58.3 Å². The molecule has 0 amide bonds. The molecule has 0 aliphatic rings. The maximum Gasteiger partial charge on any atom is 0.240 e. The summed E-state index contributed by atoms with van der Waals surface area (Å²) in [5, 5.41) is 11.2. The van der Waals surface area contributed by atoms with Gasteiger partial charge >= 0.3 is 0 Å². The van der Waals surface area contributed by atoms with Gasteiger partial charge in [-0.1, -0.05) is 50.1 Å². The van der Waals surface area contributed by atoms with Crippen LogP contribution in [-0.2, 0) is 10.0 Å². The third-order valence-electron chi connectivity index (χ3n) is 4.45. The second kappa shape index (κ2) is 9.24. The first-order valence-electron chi connectivity index (χ1n) is 8.38. The van der Waals surface area contributed by atoms with Crippen LogP contribution in [0.5, 0.6) is 0 Å². The van der Waals surface area contributed by atoms with Crippen LogP contribution in [0.3, 0.4) is 0 Å². The van der Waals surface area contributed by atoms with Crippen LogP contribution < -0.4 is 4.72 Å². The number of halogens is 1. The Labute approximate surface area is 165 Å². The van der Waals surface area contributed by atoms with Gasteiger partial charge in [-0.3, -0.25) is 0 Å². The molecule has 0 aliphatic heterocycles. The van der Waals surface area contributed by atoms with Crippen molar-refractivity contribution in [3.8, 4) is 0 Å². The molecule has 0 aromatic heterocycles. The Kier molecular flexibility index (Phi) is 7.55. The zero-order chi connectivity index (χ0) is 19.3. The Morgan fingerprint density at radius 1 is 1.19 bits per heavy atom. The van der Waals surface area contributed by atoms with Gasteiger partial charge in [0.1, 0.15) is 0 Å². The molecule has 0 bridgehead atoms. The largest absolute Gasteiger partial charge is 0.387 e. The van der Waals surface area contributed by atoms with E-state index in [9.17, 15) is 13.5 Å². The second-order valence-corrected chi connectivity index (χ2v) is 9.24. The van der Waals surface area contributed by atoms with Crippen LogP contribution >= 0.6 is 23.4 Å². The van der Waals surface area contributed by atoms with Crippen LogP contribution in [0.4, 0.5) is 0 Å². The van der Waals surface area contributed by atoms with Gasteiger partial charge in [-0.2, -0.15) is 0 Å². The highest BCUT2D eigenvalue weighted by atomic mass is 35.5. The Bertz CT molecular complexity index is 825. The fraction of sp³-hybridized carbons (Fsp3) is 0.368. The van der Waals surface area contributed by atoms with E-state index >= 15 is 0 Å². The Hall–Kier alpha value is -1.05. The molecule has 0 fully saturated rings. The minimum Gasteiger partial charge on any atom is -0.387 e. The van der Waals surface area contributed by atoms with Crippen molar-refractivity contribution in [1.29, 1.82) is 0 Å². The van der Waals surface area contributed by atoms with Crippen LogP contribution in [0.25, 0.3) is 0 Å². The first-order chi connectivity index (χ1) is 12.3. The van der Waals surface area contributed by atoms with E-state index in [4.69, 9.17) is 11.6 Å². The van der Waals surface area contributed by atoms with E-state index in [0.29, 0.717) is 10.6 Å². The molecular weight excluding hydrogens is 390 g/mol. The van der Waals surface area contributed by atoms with Crippen molar-refractivity contribution in [1.82, 2.24) is 4.72 Å². The highest BCUT2D eigenvalue weighted by Gasteiger charge is 2.30. The van der Waals surface area contributed by atoms with Gasteiger partial charge in [-0.25, -0.2) is 13.1 Å². The van der Waals surface area contributed by atoms with Crippen molar-refractivity contribution in [2.75, 3.05) is 6.26 Å². The molecule has 4 nitrogen and oxygen atoms in total. The van der Waals surface area contributed by atoms with E-state index in [0.717, 1.165) is 11.3 Å². The van der Waals surface area contributed by atoms with Gasteiger partial charge in [0.2, 0.25) is 10.0 Å². The lowest BCUT2D eigenvalue weighted by Gasteiger charge is -2.29. The average Bonchev–Trinajstić information content (AvgIpc) is 2.65. The summed E-state index contributed by atoms with van der Waals surface area (Å²) in [7, 11) is -3.80. The van der Waals surface area contributed by atoms with Gasteiger partial charge in [-0.05, 0) is 48.1 Å². The van der Waals surface area contributed by atoms with Gasteiger partial charge in [0.25, 0.3) is 0 Å². The van der Waals surface area contributed by atoms with E-state index < -0.39 is 22.2 Å². The van der Waals surface area contributed by atoms with Crippen molar-refractivity contribution >= 4 is 33.4 Å². The maximum absolute atomic E-state index is 12.8. The number of thioether (sulfide) groups is 1. The quantitative estimate of drug-likeness (QED) is 0.626. The molecule has 26 heavy (non-hydrogen) atoms. The number of hydrogen-bond donors (Lipinski definition) is 2. The molecule has 1 unspecified atom stereocenters. The van der Waals surface area contributed by atoms with Gasteiger partial charge in [0, 0.05) is 9.92 Å². The molecule has 0 heterocycles. The lowest BCUT2D eigenvalue weighted by molar-refractivity contribution is 0.112. The van der Waals surface area contributed by atoms with E-state index in [1.165, 1.54) is 12.1 Å². The molecule has 2 rings (SSSR count). The van der Waals surface area contributed by atoms with Crippen LogP contribution in [0, 0.1) is 5.92 Å². The first kappa shape index (κ1) is 21.3. The first-order valence-corrected chi connectivity index (χ1v) is 11.5. The third kappa shape index (κ3) is 5.24. The Balaban J connectivity index is 2.31. The third-order valence-corrected chi connectivity index (χ3v) is 6.89. The number of aliphatic hydroxyl groups is 1. The molecule has 0 spiro atoms. The zero-order valence-corrected chi connectivity index (χ0v) is 17.4. The number of sulfonamides is 1. The Morgan fingerprint density at radius 2 is 1.85 bits per heavy atom. The van der Waals surface area contributed by atoms with Gasteiger partial charge < -0.3 is 5.11 Å². The summed E-state index contributed by atoms with van der Waals surface area (Å²) in [6.45, 7) is 3.89. The monoisotopic (exact) mass is 413 g/mol. The number of rotatable bonds is 8. The van der Waals surface area contributed by atoms with Crippen molar-refractivity contribution < 1.29 is 13.5 Å². The van der Waals surface area contributed by atoms with Crippen LogP contribution in [-0.4, -0.2) is 25.8 Å². The molecule has 0 radical (unpaired) electrons. The Morgan fingerprint density at radius 3 is 2.38 bits per heavy atom. The minimum absolute atomic E-state index is 0.0563. The summed E-state index contributed by atoms with van der Waals surface area (Å²) in [5.74, 6) is -0.0563. The molecule has 142 valence electrons. The van der Waals surface area contributed by atoms with E-state index in [1.54, 1.807) is 23.9 Å². The van der Waals surface area contributed by atoms with Crippen molar-refractivity contribution in [2.24, 2.45) is 5.92 Å². The predicted octanol–water partition coefficient (Wildman–Crippen LogP) is 4.49. The molecule has 2 N–H and O–H groups in total. The lowest BCUT2D eigenvalue weighted by atomic mass is 9.91. The fourth-order valence-corrected chi connectivity index (χ4v) is 4.69. The van der Waals surface area contributed by atoms with Gasteiger partial charge in [0.15, 0.2) is 0 Å². The normalized spacial score (nSPS) is 15.4. The second-order valence-electron chi connectivity index (χ2n) is 6.21. The summed E-state index contributed by atoms with van der Waals surface area (Å²) in [4.78, 5) is 1.17. The van der Waals surface area contributed by atoms with Crippen molar-refractivity contribution in [3.63, 3.8) is 0 Å². The summed E-state index contributed by atoms with van der Waals surface area (Å²) < 4.78 is 28.2. The smallest absolute Gasteiger partial charge is 0.240 e. The fourth-order valence-electron chi connectivity index (χ4n) is 2.64. The molecule has 3 atom stereocenters. The zero-order valence-electron chi connectivity index (χ0n) is 15.0. The highest BCUT2D eigenvalue weighted by Crippen LogP contribution is 2.27. The summed E-state index contributed by atoms with van der Waals surface area (Å²) in [6, 6.07) is 13.0. The number of benzene rings is 2. The maximum atomic E-state index is 12.8. The standard InChI is InChI=1S/C19H24ClNO3S2/c1-4-13(2)18(19(22)14-8-10-16(25-3)11-9-14)21-26(23,24)17-7-5-6-15(20)12-17/h5-13,18-19,21-22H,4H2,1-3H3/t13-,18-,19?/m0/s1. The average molecular weight is 414 g/mol. The van der Waals surface area contributed by atoms with Crippen molar-refractivity contribution in [3.05, 3.63) is 59.1 Å².